The summed E-state index contributed by atoms with van der Waals surface area (Å²) in [7, 11) is 1.74. The van der Waals surface area contributed by atoms with E-state index in [1.165, 1.54) is 0 Å². The van der Waals surface area contributed by atoms with Gasteiger partial charge in [-0.15, -0.1) is 0 Å². The molecule has 1 saturated carbocycles. The zero-order chi connectivity index (χ0) is 12.6. The summed E-state index contributed by atoms with van der Waals surface area (Å²) in [4.78, 5) is 7.94. The Bertz CT molecular complexity index is 400. The van der Waals surface area contributed by atoms with E-state index in [1.807, 2.05) is 0 Å². The Hall–Kier alpha value is -1.56. The monoisotopic (exact) mass is 237 g/mol. The number of methoxy groups -OCH3 is 1. The SMILES string of the molecule is COC1CC(Nc2cc(N)nc(N)n2)C1(C)C. The van der Waals surface area contributed by atoms with Gasteiger partial charge in [-0.25, -0.2) is 0 Å². The lowest BCUT2D eigenvalue weighted by molar-refractivity contribution is -0.0795. The summed E-state index contributed by atoms with van der Waals surface area (Å²) in [6.07, 6.45) is 1.23. The molecule has 0 saturated heterocycles. The van der Waals surface area contributed by atoms with Gasteiger partial charge in [0.25, 0.3) is 0 Å². The average Bonchev–Trinajstić information content (AvgIpc) is 2.22. The molecule has 0 radical (unpaired) electrons. The fourth-order valence-electron chi connectivity index (χ4n) is 2.27. The van der Waals surface area contributed by atoms with E-state index in [-0.39, 0.29) is 17.5 Å². The Kier molecular flexibility index (Phi) is 2.82. The van der Waals surface area contributed by atoms with Gasteiger partial charge in [0.2, 0.25) is 5.95 Å². The van der Waals surface area contributed by atoms with E-state index in [1.54, 1.807) is 13.2 Å². The van der Waals surface area contributed by atoms with Crippen LogP contribution in [0, 0.1) is 5.41 Å². The largest absolute Gasteiger partial charge is 0.383 e. The number of nitrogen functional groups attached to an aromatic ring is 2. The second-order valence-electron chi connectivity index (χ2n) is 5.01. The summed E-state index contributed by atoms with van der Waals surface area (Å²) < 4.78 is 5.39. The number of hydrogen-bond donors (Lipinski definition) is 3. The average molecular weight is 237 g/mol. The van der Waals surface area contributed by atoms with Gasteiger partial charge in [0.15, 0.2) is 0 Å². The zero-order valence-corrected chi connectivity index (χ0v) is 10.4. The van der Waals surface area contributed by atoms with Crippen LogP contribution in [0.3, 0.4) is 0 Å². The first kappa shape index (κ1) is 11.9. The van der Waals surface area contributed by atoms with E-state index in [0.29, 0.717) is 17.7 Å². The minimum Gasteiger partial charge on any atom is -0.383 e. The molecule has 1 fully saturated rings. The molecule has 1 heterocycles. The van der Waals surface area contributed by atoms with E-state index in [4.69, 9.17) is 16.2 Å². The molecule has 0 aliphatic heterocycles. The Morgan fingerprint density at radius 3 is 2.65 bits per heavy atom. The molecule has 0 bridgehead atoms. The third-order valence-corrected chi connectivity index (χ3v) is 3.55. The summed E-state index contributed by atoms with van der Waals surface area (Å²) in [6, 6.07) is 1.99. The predicted octanol–water partition coefficient (Wildman–Crippen LogP) is 0.866. The van der Waals surface area contributed by atoms with Gasteiger partial charge >= 0.3 is 0 Å². The summed E-state index contributed by atoms with van der Waals surface area (Å²) in [5.74, 6) is 1.23. The number of aromatic nitrogens is 2. The molecular weight excluding hydrogens is 218 g/mol. The first-order valence-electron chi connectivity index (χ1n) is 5.63. The Balaban J connectivity index is 2.08. The molecule has 2 atom stereocenters. The van der Waals surface area contributed by atoms with Crippen LogP contribution in [0.15, 0.2) is 6.07 Å². The molecule has 2 rings (SSSR count). The van der Waals surface area contributed by atoms with Gasteiger partial charge in [-0.2, -0.15) is 9.97 Å². The fourth-order valence-corrected chi connectivity index (χ4v) is 2.27. The number of nitrogens with two attached hydrogens (primary N) is 2. The molecule has 94 valence electrons. The minimum atomic E-state index is 0.0726. The smallest absolute Gasteiger partial charge is 0.223 e. The van der Waals surface area contributed by atoms with E-state index < -0.39 is 0 Å². The summed E-state index contributed by atoms with van der Waals surface area (Å²) in [6.45, 7) is 4.33. The summed E-state index contributed by atoms with van der Waals surface area (Å²) >= 11 is 0. The van der Waals surface area contributed by atoms with Gasteiger partial charge in [0.1, 0.15) is 11.6 Å². The first-order chi connectivity index (χ1) is 7.93. The second-order valence-corrected chi connectivity index (χ2v) is 5.01. The van der Waals surface area contributed by atoms with E-state index in [2.05, 4.69) is 29.1 Å². The molecule has 1 aromatic heterocycles. The molecule has 17 heavy (non-hydrogen) atoms. The lowest BCUT2D eigenvalue weighted by Gasteiger charge is -2.51. The highest BCUT2D eigenvalue weighted by atomic mass is 16.5. The standard InChI is InChI=1S/C11H19N5O/c1-11(2)6(4-7(11)17-3)14-9-5-8(12)15-10(13)16-9/h5-7H,4H2,1-3H3,(H5,12,13,14,15,16). The van der Waals surface area contributed by atoms with Crippen molar-refractivity contribution in [3.8, 4) is 0 Å². The van der Waals surface area contributed by atoms with Gasteiger partial charge < -0.3 is 21.5 Å². The first-order valence-corrected chi connectivity index (χ1v) is 5.63. The lowest BCUT2D eigenvalue weighted by atomic mass is 9.64. The highest BCUT2D eigenvalue weighted by Gasteiger charge is 2.48. The van der Waals surface area contributed by atoms with Crippen LogP contribution in [0.2, 0.25) is 0 Å². The molecule has 1 aliphatic rings. The normalized spacial score (nSPS) is 26.3. The van der Waals surface area contributed by atoms with Crippen molar-refractivity contribution >= 4 is 17.6 Å². The fraction of sp³-hybridized carbons (Fsp3) is 0.636. The number of rotatable bonds is 3. The molecule has 0 spiro atoms. The van der Waals surface area contributed by atoms with Crippen LogP contribution in [0.4, 0.5) is 17.6 Å². The van der Waals surface area contributed by atoms with Crippen molar-refractivity contribution in [2.24, 2.45) is 5.41 Å². The van der Waals surface area contributed by atoms with Crippen molar-refractivity contribution in [3.05, 3.63) is 6.07 Å². The van der Waals surface area contributed by atoms with Crippen molar-refractivity contribution in [1.82, 2.24) is 9.97 Å². The molecular formula is C11H19N5O. The maximum absolute atomic E-state index is 5.62. The van der Waals surface area contributed by atoms with Crippen molar-refractivity contribution in [3.63, 3.8) is 0 Å². The number of hydrogen-bond acceptors (Lipinski definition) is 6. The van der Waals surface area contributed by atoms with Crippen LogP contribution in [-0.4, -0.2) is 29.2 Å². The van der Waals surface area contributed by atoms with Crippen LogP contribution in [-0.2, 0) is 4.74 Å². The highest BCUT2D eigenvalue weighted by molar-refractivity contribution is 5.49. The van der Waals surface area contributed by atoms with Gasteiger partial charge in [-0.3, -0.25) is 0 Å². The van der Waals surface area contributed by atoms with Crippen LogP contribution in [0.25, 0.3) is 0 Å². The van der Waals surface area contributed by atoms with Gasteiger partial charge in [0, 0.05) is 24.6 Å². The predicted molar refractivity (Wildman–Crippen MR) is 67.5 cm³/mol. The number of anilines is 3. The lowest BCUT2D eigenvalue weighted by Crippen LogP contribution is -2.57. The van der Waals surface area contributed by atoms with Crippen LogP contribution < -0.4 is 16.8 Å². The van der Waals surface area contributed by atoms with E-state index in [9.17, 15) is 0 Å². The van der Waals surface area contributed by atoms with Crippen LogP contribution >= 0.6 is 0 Å². The van der Waals surface area contributed by atoms with Crippen LogP contribution in [0.5, 0.6) is 0 Å². The molecule has 0 amide bonds. The van der Waals surface area contributed by atoms with Crippen molar-refractivity contribution in [2.45, 2.75) is 32.4 Å². The third kappa shape index (κ3) is 2.12. The number of ether oxygens (including phenoxy) is 1. The topological polar surface area (TPSA) is 99.1 Å². The maximum Gasteiger partial charge on any atom is 0.223 e. The molecule has 6 nitrogen and oxygen atoms in total. The van der Waals surface area contributed by atoms with Crippen molar-refractivity contribution < 1.29 is 4.74 Å². The van der Waals surface area contributed by atoms with Gasteiger partial charge in [-0.1, -0.05) is 13.8 Å². The molecule has 1 aliphatic carbocycles. The molecule has 0 aromatic carbocycles. The van der Waals surface area contributed by atoms with E-state index in [0.717, 1.165) is 6.42 Å². The summed E-state index contributed by atoms with van der Waals surface area (Å²) in [5.41, 5.74) is 11.2. The Labute approximate surface area is 101 Å². The molecule has 5 N–H and O–H groups in total. The zero-order valence-electron chi connectivity index (χ0n) is 10.4. The van der Waals surface area contributed by atoms with E-state index >= 15 is 0 Å². The van der Waals surface area contributed by atoms with Gasteiger partial charge in [-0.05, 0) is 6.42 Å². The van der Waals surface area contributed by atoms with Crippen LogP contribution in [0.1, 0.15) is 20.3 Å². The number of nitrogens with one attached hydrogen (secondary N) is 1. The maximum atomic E-state index is 5.62. The second kappa shape index (κ2) is 4.03. The number of nitrogens with zero attached hydrogens (tertiary/aromatic N) is 2. The van der Waals surface area contributed by atoms with Crippen molar-refractivity contribution in [2.75, 3.05) is 23.9 Å². The highest BCUT2D eigenvalue weighted by Crippen LogP contribution is 2.43. The van der Waals surface area contributed by atoms with Crippen molar-refractivity contribution in [1.29, 1.82) is 0 Å². The summed E-state index contributed by atoms with van der Waals surface area (Å²) in [5, 5.41) is 3.32. The molecule has 2 unspecified atom stereocenters. The quantitative estimate of drug-likeness (QED) is 0.721. The van der Waals surface area contributed by atoms with Gasteiger partial charge in [0.05, 0.1) is 6.10 Å². The minimum absolute atomic E-state index is 0.0726. The third-order valence-electron chi connectivity index (χ3n) is 3.55. The molecule has 6 heteroatoms. The molecule has 1 aromatic rings. The Morgan fingerprint density at radius 2 is 2.12 bits per heavy atom. The Morgan fingerprint density at radius 1 is 1.41 bits per heavy atom.